The Morgan fingerprint density at radius 2 is 1.95 bits per heavy atom. The number of hydrogen-bond acceptors (Lipinski definition) is 7. The van der Waals surface area contributed by atoms with Crippen molar-refractivity contribution >= 4 is 50.8 Å². The predicted molar refractivity (Wildman–Crippen MR) is 149 cm³/mol. The van der Waals surface area contributed by atoms with Gasteiger partial charge in [0.15, 0.2) is 12.4 Å². The van der Waals surface area contributed by atoms with Gasteiger partial charge in [0.25, 0.3) is 5.91 Å². The van der Waals surface area contributed by atoms with E-state index in [2.05, 4.69) is 12.2 Å². The van der Waals surface area contributed by atoms with E-state index in [4.69, 9.17) is 25.5 Å². The Labute approximate surface area is 228 Å². The van der Waals surface area contributed by atoms with Crippen molar-refractivity contribution in [3.8, 4) is 17.1 Å². The number of nitrogens with one attached hydrogen (secondary N) is 1. The fraction of sp³-hybridized carbons (Fsp3) is 0.276. The highest BCUT2D eigenvalue weighted by atomic mass is 35.5. The second kappa shape index (κ2) is 10.6. The Balaban J connectivity index is 1.46. The molecule has 1 atom stereocenters. The molecule has 196 valence electrons. The second-order valence-corrected chi connectivity index (χ2v) is 11.0. The van der Waals surface area contributed by atoms with Crippen molar-refractivity contribution in [2.45, 2.75) is 33.1 Å². The molecule has 38 heavy (non-hydrogen) atoms. The van der Waals surface area contributed by atoms with E-state index in [0.29, 0.717) is 32.7 Å². The molecule has 0 radical (unpaired) electrons. The molecular weight excluding hydrogens is 526 g/mol. The zero-order chi connectivity index (χ0) is 27.0. The first-order valence-corrected chi connectivity index (χ1v) is 13.4. The maximum Gasteiger partial charge on any atom is 0.341 e. The molecule has 0 saturated heterocycles. The summed E-state index contributed by atoms with van der Waals surface area (Å²) < 4.78 is 16.9. The number of fused-ring (bicyclic) bond motifs is 2. The first-order valence-electron chi connectivity index (χ1n) is 12.2. The summed E-state index contributed by atoms with van der Waals surface area (Å²) >= 11 is 7.50. The summed E-state index contributed by atoms with van der Waals surface area (Å²) in [5, 5.41) is 3.86. The van der Waals surface area contributed by atoms with E-state index in [1.165, 1.54) is 24.5 Å². The van der Waals surface area contributed by atoms with Crippen LogP contribution in [-0.2, 0) is 22.4 Å². The van der Waals surface area contributed by atoms with Gasteiger partial charge < -0.3 is 19.2 Å². The first-order chi connectivity index (χ1) is 18.2. The van der Waals surface area contributed by atoms with Crippen molar-refractivity contribution in [2.75, 3.05) is 19.0 Å². The minimum atomic E-state index is -0.512. The molecular formula is C29H26ClNO6S. The summed E-state index contributed by atoms with van der Waals surface area (Å²) in [6, 6.07) is 12.2. The highest BCUT2D eigenvalue weighted by molar-refractivity contribution is 7.17. The number of methoxy groups -OCH3 is 1. The molecule has 1 amide bonds. The van der Waals surface area contributed by atoms with E-state index >= 15 is 0 Å². The molecule has 5 rings (SSSR count). The molecule has 2 heterocycles. The third-order valence-electron chi connectivity index (χ3n) is 6.63. The van der Waals surface area contributed by atoms with E-state index in [-0.39, 0.29) is 16.9 Å². The molecule has 0 bridgehead atoms. The molecule has 1 N–H and O–H groups in total. The van der Waals surface area contributed by atoms with Crippen LogP contribution in [0, 0.1) is 12.8 Å². The van der Waals surface area contributed by atoms with Crippen LogP contribution in [0.2, 0.25) is 5.02 Å². The van der Waals surface area contributed by atoms with E-state index in [1.807, 2.05) is 31.2 Å². The van der Waals surface area contributed by atoms with Crippen LogP contribution in [0.15, 0.2) is 51.7 Å². The Hall–Kier alpha value is -3.62. The summed E-state index contributed by atoms with van der Waals surface area (Å²) in [7, 11) is 1.32. The summed E-state index contributed by atoms with van der Waals surface area (Å²) in [4.78, 5) is 40.1. The van der Waals surface area contributed by atoms with Gasteiger partial charge in [0, 0.05) is 15.5 Å². The van der Waals surface area contributed by atoms with Crippen molar-refractivity contribution in [2.24, 2.45) is 5.92 Å². The number of amides is 1. The molecule has 2 aromatic carbocycles. The first kappa shape index (κ1) is 26.0. The quantitative estimate of drug-likeness (QED) is 0.278. The van der Waals surface area contributed by atoms with Gasteiger partial charge in [0.1, 0.15) is 10.6 Å². The number of anilines is 1. The molecule has 0 saturated carbocycles. The number of benzene rings is 2. The summed E-state index contributed by atoms with van der Waals surface area (Å²) in [5.41, 5.74) is 2.92. The number of ether oxygens (including phenoxy) is 2. The van der Waals surface area contributed by atoms with Gasteiger partial charge in [0.2, 0.25) is 11.2 Å². The van der Waals surface area contributed by atoms with Crippen LogP contribution in [0.3, 0.4) is 0 Å². The van der Waals surface area contributed by atoms with Gasteiger partial charge in [-0.3, -0.25) is 9.59 Å². The molecule has 1 unspecified atom stereocenters. The topological polar surface area (TPSA) is 94.8 Å². The van der Waals surface area contributed by atoms with Gasteiger partial charge in [-0.05, 0) is 55.9 Å². The summed E-state index contributed by atoms with van der Waals surface area (Å²) in [6.45, 7) is 3.66. The van der Waals surface area contributed by atoms with Crippen LogP contribution in [-0.4, -0.2) is 25.6 Å². The average Bonchev–Trinajstić information content (AvgIpc) is 3.25. The standard InChI is InChI=1S/C29H26ClNO6S/c1-15-4-7-17(8-5-15)26-27(25(33)20-13-18(30)9-11-21(20)37-26)36-14-23(32)31-28-24(29(34)35-3)19-10-6-16(2)12-22(19)38-28/h4-5,7-9,11,13,16H,6,10,12,14H2,1-3H3,(H,31,32). The van der Waals surface area contributed by atoms with Crippen LogP contribution >= 0.6 is 22.9 Å². The van der Waals surface area contributed by atoms with Crippen LogP contribution in [0.25, 0.3) is 22.3 Å². The Bertz CT molecular complexity index is 1600. The molecule has 1 aliphatic carbocycles. The number of rotatable bonds is 6. The van der Waals surface area contributed by atoms with E-state index in [0.717, 1.165) is 35.3 Å². The van der Waals surface area contributed by atoms with Crippen molar-refractivity contribution < 1.29 is 23.5 Å². The van der Waals surface area contributed by atoms with Gasteiger partial charge >= 0.3 is 5.97 Å². The molecule has 0 aliphatic heterocycles. The zero-order valence-electron chi connectivity index (χ0n) is 21.2. The average molecular weight is 552 g/mol. The lowest BCUT2D eigenvalue weighted by Gasteiger charge is -2.18. The van der Waals surface area contributed by atoms with Crippen LogP contribution in [0.5, 0.6) is 5.75 Å². The Kier molecular flexibility index (Phi) is 7.27. The zero-order valence-corrected chi connectivity index (χ0v) is 22.8. The number of esters is 1. The smallest absolute Gasteiger partial charge is 0.341 e. The number of thiophene rings is 1. The van der Waals surface area contributed by atoms with Gasteiger partial charge in [-0.25, -0.2) is 4.79 Å². The van der Waals surface area contributed by atoms with Gasteiger partial charge in [0.05, 0.1) is 18.1 Å². The third-order valence-corrected chi connectivity index (χ3v) is 8.03. The van der Waals surface area contributed by atoms with Crippen molar-refractivity contribution in [3.05, 3.63) is 79.3 Å². The third kappa shape index (κ3) is 5.06. The number of carbonyl (C=O) groups excluding carboxylic acids is 2. The normalized spacial score (nSPS) is 14.7. The molecule has 1 aliphatic rings. The summed E-state index contributed by atoms with van der Waals surface area (Å²) in [5.74, 6) is -0.372. The van der Waals surface area contributed by atoms with Crippen LogP contribution in [0.4, 0.5) is 5.00 Å². The number of carbonyl (C=O) groups is 2. The monoisotopic (exact) mass is 551 g/mol. The van der Waals surface area contributed by atoms with E-state index < -0.39 is 23.9 Å². The fourth-order valence-corrected chi connectivity index (χ4v) is 6.22. The molecule has 0 fully saturated rings. The molecule has 2 aromatic heterocycles. The van der Waals surface area contributed by atoms with Gasteiger partial charge in [-0.2, -0.15) is 0 Å². The maximum absolute atomic E-state index is 13.4. The lowest BCUT2D eigenvalue weighted by atomic mass is 9.88. The summed E-state index contributed by atoms with van der Waals surface area (Å²) in [6.07, 6.45) is 2.56. The predicted octanol–water partition coefficient (Wildman–Crippen LogP) is 6.41. The lowest BCUT2D eigenvalue weighted by Crippen LogP contribution is -2.23. The minimum Gasteiger partial charge on any atom is -0.476 e. The SMILES string of the molecule is COC(=O)c1c(NC(=O)COc2c(-c3ccc(C)cc3)oc3ccc(Cl)cc3c2=O)sc2c1CCC(C)C2. The number of halogens is 1. The fourth-order valence-electron chi connectivity index (χ4n) is 4.63. The Morgan fingerprint density at radius 3 is 2.68 bits per heavy atom. The van der Waals surface area contributed by atoms with Gasteiger partial charge in [-0.15, -0.1) is 11.3 Å². The lowest BCUT2D eigenvalue weighted by molar-refractivity contribution is -0.118. The van der Waals surface area contributed by atoms with Gasteiger partial charge in [-0.1, -0.05) is 48.4 Å². The molecule has 9 heteroatoms. The highest BCUT2D eigenvalue weighted by Gasteiger charge is 2.29. The van der Waals surface area contributed by atoms with Crippen molar-refractivity contribution in [1.82, 2.24) is 0 Å². The van der Waals surface area contributed by atoms with Crippen LogP contribution in [0.1, 0.15) is 39.7 Å². The molecule has 7 nitrogen and oxygen atoms in total. The largest absolute Gasteiger partial charge is 0.476 e. The number of aryl methyl sites for hydroxylation is 1. The van der Waals surface area contributed by atoms with E-state index in [9.17, 15) is 14.4 Å². The van der Waals surface area contributed by atoms with Crippen LogP contribution < -0.4 is 15.5 Å². The number of hydrogen-bond donors (Lipinski definition) is 1. The highest BCUT2D eigenvalue weighted by Crippen LogP contribution is 2.40. The van der Waals surface area contributed by atoms with Crippen molar-refractivity contribution in [3.63, 3.8) is 0 Å². The van der Waals surface area contributed by atoms with Crippen molar-refractivity contribution in [1.29, 1.82) is 0 Å². The second-order valence-electron chi connectivity index (χ2n) is 9.48. The maximum atomic E-state index is 13.4. The molecule has 4 aromatic rings. The minimum absolute atomic E-state index is 0.0914. The van der Waals surface area contributed by atoms with E-state index in [1.54, 1.807) is 12.1 Å². The Morgan fingerprint density at radius 1 is 1.18 bits per heavy atom. The molecule has 0 spiro atoms.